The minimum absolute atomic E-state index is 0.116. The number of amides is 1. The fourth-order valence-electron chi connectivity index (χ4n) is 3.20. The van der Waals surface area contributed by atoms with Crippen molar-refractivity contribution in [1.29, 1.82) is 0 Å². The first kappa shape index (κ1) is 21.3. The van der Waals surface area contributed by atoms with Crippen LogP contribution in [-0.4, -0.2) is 36.7 Å². The number of hydrogen-bond acceptors (Lipinski definition) is 5. The van der Waals surface area contributed by atoms with Gasteiger partial charge < -0.3 is 0 Å². The molecule has 0 spiro atoms. The van der Waals surface area contributed by atoms with Crippen molar-refractivity contribution in [3.05, 3.63) is 63.5 Å². The standard InChI is InChI=1S/C20H17Cl2N3O3S2/c21-14-6-7-16(17(22)11-14)18-12-29-20(23-18)24-19(26)13-4-3-5-15(10-13)30(27,28)25-8-1-2-9-25/h3-7,10-12H,1-2,8-9H2,(H,23,24,26). The molecule has 4 rings (SSSR count). The average molecular weight is 482 g/mol. The fourth-order valence-corrected chi connectivity index (χ4v) is 5.97. The molecule has 1 aromatic heterocycles. The van der Waals surface area contributed by atoms with E-state index in [9.17, 15) is 13.2 Å². The van der Waals surface area contributed by atoms with E-state index in [1.54, 1.807) is 35.7 Å². The molecule has 2 heterocycles. The molecule has 1 amide bonds. The highest BCUT2D eigenvalue weighted by Crippen LogP contribution is 2.32. The molecule has 0 bridgehead atoms. The molecule has 1 saturated heterocycles. The van der Waals surface area contributed by atoms with Crippen molar-refractivity contribution >= 4 is 55.6 Å². The second-order valence-corrected chi connectivity index (χ2v) is 10.4. The van der Waals surface area contributed by atoms with E-state index in [4.69, 9.17) is 23.2 Å². The number of halogens is 2. The van der Waals surface area contributed by atoms with Crippen LogP contribution in [-0.2, 0) is 10.0 Å². The maximum atomic E-state index is 12.7. The molecule has 0 saturated carbocycles. The highest BCUT2D eigenvalue weighted by Gasteiger charge is 2.27. The van der Waals surface area contributed by atoms with E-state index in [-0.39, 0.29) is 10.5 Å². The molecule has 6 nitrogen and oxygen atoms in total. The normalized spacial score (nSPS) is 14.7. The number of carbonyl (C=O) groups excluding carboxylic acids is 1. The van der Waals surface area contributed by atoms with E-state index in [0.29, 0.717) is 39.5 Å². The lowest BCUT2D eigenvalue weighted by Crippen LogP contribution is -2.28. The van der Waals surface area contributed by atoms with E-state index in [1.165, 1.54) is 27.8 Å². The number of benzene rings is 2. The molecule has 3 aromatic rings. The third-order valence-corrected chi connectivity index (χ3v) is 7.93. The van der Waals surface area contributed by atoms with Crippen LogP contribution in [0.4, 0.5) is 5.13 Å². The summed E-state index contributed by atoms with van der Waals surface area (Å²) < 4.78 is 26.9. The summed E-state index contributed by atoms with van der Waals surface area (Å²) in [6, 6.07) is 11.1. The highest BCUT2D eigenvalue weighted by atomic mass is 35.5. The van der Waals surface area contributed by atoms with Crippen LogP contribution in [0.2, 0.25) is 10.0 Å². The second kappa shape index (κ2) is 8.64. The molecule has 0 unspecified atom stereocenters. The maximum absolute atomic E-state index is 12.7. The zero-order chi connectivity index (χ0) is 21.3. The van der Waals surface area contributed by atoms with E-state index >= 15 is 0 Å². The van der Waals surface area contributed by atoms with Gasteiger partial charge in [-0.25, -0.2) is 13.4 Å². The molecule has 156 valence electrons. The Morgan fingerprint density at radius 2 is 1.87 bits per heavy atom. The topological polar surface area (TPSA) is 79.4 Å². The van der Waals surface area contributed by atoms with E-state index < -0.39 is 15.9 Å². The van der Waals surface area contributed by atoms with E-state index in [0.717, 1.165) is 12.8 Å². The third-order valence-electron chi connectivity index (χ3n) is 4.73. The number of thiazole rings is 1. The van der Waals surface area contributed by atoms with Gasteiger partial charge in [-0.2, -0.15) is 4.31 Å². The van der Waals surface area contributed by atoms with Crippen molar-refractivity contribution in [1.82, 2.24) is 9.29 Å². The van der Waals surface area contributed by atoms with Crippen LogP contribution >= 0.6 is 34.5 Å². The summed E-state index contributed by atoms with van der Waals surface area (Å²) in [6.07, 6.45) is 1.70. The average Bonchev–Trinajstić information content (AvgIpc) is 3.41. The predicted molar refractivity (Wildman–Crippen MR) is 120 cm³/mol. The smallest absolute Gasteiger partial charge is 0.257 e. The highest BCUT2D eigenvalue weighted by molar-refractivity contribution is 7.89. The molecule has 30 heavy (non-hydrogen) atoms. The van der Waals surface area contributed by atoms with Crippen molar-refractivity contribution in [2.24, 2.45) is 0 Å². The van der Waals surface area contributed by atoms with Crippen molar-refractivity contribution < 1.29 is 13.2 Å². The summed E-state index contributed by atoms with van der Waals surface area (Å²) in [5, 5.41) is 5.87. The molecule has 0 aliphatic carbocycles. The van der Waals surface area contributed by atoms with Crippen molar-refractivity contribution in [2.45, 2.75) is 17.7 Å². The van der Waals surface area contributed by atoms with Crippen LogP contribution < -0.4 is 5.32 Å². The molecule has 1 aliphatic heterocycles. The van der Waals surface area contributed by atoms with Gasteiger partial charge in [0, 0.05) is 34.6 Å². The number of carbonyl (C=O) groups is 1. The van der Waals surface area contributed by atoms with Gasteiger partial charge in [-0.1, -0.05) is 29.3 Å². The Morgan fingerprint density at radius 3 is 2.60 bits per heavy atom. The molecule has 1 aliphatic rings. The molecule has 0 atom stereocenters. The molecular weight excluding hydrogens is 465 g/mol. The van der Waals surface area contributed by atoms with Crippen LogP contribution in [0.15, 0.2) is 52.7 Å². The third kappa shape index (κ3) is 4.38. The molecule has 1 fully saturated rings. The monoisotopic (exact) mass is 481 g/mol. The van der Waals surface area contributed by atoms with Gasteiger partial charge in [-0.15, -0.1) is 11.3 Å². The van der Waals surface area contributed by atoms with E-state index in [2.05, 4.69) is 10.3 Å². The maximum Gasteiger partial charge on any atom is 0.257 e. The van der Waals surface area contributed by atoms with Gasteiger partial charge >= 0.3 is 0 Å². The second-order valence-electron chi connectivity index (χ2n) is 6.76. The quantitative estimate of drug-likeness (QED) is 0.545. The summed E-state index contributed by atoms with van der Waals surface area (Å²) in [4.78, 5) is 17.2. The first-order chi connectivity index (χ1) is 14.3. The number of hydrogen-bond donors (Lipinski definition) is 1. The van der Waals surface area contributed by atoms with Crippen LogP contribution in [0.3, 0.4) is 0 Å². The van der Waals surface area contributed by atoms with Gasteiger partial charge in [-0.3, -0.25) is 10.1 Å². The minimum Gasteiger partial charge on any atom is -0.298 e. The Morgan fingerprint density at radius 1 is 1.10 bits per heavy atom. The SMILES string of the molecule is O=C(Nc1nc(-c2ccc(Cl)cc2Cl)cs1)c1cccc(S(=O)(=O)N2CCCC2)c1. The summed E-state index contributed by atoms with van der Waals surface area (Å²) >= 11 is 13.4. The van der Waals surface area contributed by atoms with Gasteiger partial charge in [0.15, 0.2) is 5.13 Å². The van der Waals surface area contributed by atoms with Crippen molar-refractivity contribution in [3.63, 3.8) is 0 Å². The lowest BCUT2D eigenvalue weighted by Gasteiger charge is -2.15. The van der Waals surface area contributed by atoms with E-state index in [1.807, 2.05) is 0 Å². The largest absolute Gasteiger partial charge is 0.298 e. The number of sulfonamides is 1. The minimum atomic E-state index is -3.59. The molecule has 0 radical (unpaired) electrons. The number of anilines is 1. The van der Waals surface area contributed by atoms with Gasteiger partial charge in [0.1, 0.15) is 0 Å². The van der Waals surface area contributed by atoms with Crippen molar-refractivity contribution in [2.75, 3.05) is 18.4 Å². The number of aromatic nitrogens is 1. The summed E-state index contributed by atoms with van der Waals surface area (Å²) in [7, 11) is -3.59. The van der Waals surface area contributed by atoms with Gasteiger partial charge in [0.2, 0.25) is 10.0 Å². The van der Waals surface area contributed by atoms with Gasteiger partial charge in [-0.05, 0) is 49.2 Å². The lowest BCUT2D eigenvalue weighted by atomic mass is 10.2. The Kier molecular flexibility index (Phi) is 6.13. The molecule has 2 aromatic carbocycles. The number of nitrogens with one attached hydrogen (secondary N) is 1. The number of rotatable bonds is 5. The van der Waals surface area contributed by atoms with Gasteiger partial charge in [0.25, 0.3) is 5.91 Å². The molecule has 10 heteroatoms. The predicted octanol–water partition coefficient (Wildman–Crippen LogP) is 5.15. The molecule has 1 N–H and O–H groups in total. The molecular formula is C20H17Cl2N3O3S2. The summed E-state index contributed by atoms with van der Waals surface area (Å²) in [5.41, 5.74) is 1.57. The summed E-state index contributed by atoms with van der Waals surface area (Å²) in [5.74, 6) is -0.434. The zero-order valence-corrected chi connectivity index (χ0v) is 18.8. The Hall–Kier alpha value is -1.97. The fraction of sp³-hybridized carbons (Fsp3) is 0.200. The van der Waals surface area contributed by atoms with Crippen LogP contribution in [0.25, 0.3) is 11.3 Å². The number of nitrogens with zero attached hydrogens (tertiary/aromatic N) is 2. The Bertz CT molecular complexity index is 1210. The van der Waals surface area contributed by atoms with Crippen LogP contribution in [0.5, 0.6) is 0 Å². The first-order valence-corrected chi connectivity index (χ1v) is 12.2. The van der Waals surface area contributed by atoms with Gasteiger partial charge in [0.05, 0.1) is 15.6 Å². The lowest BCUT2D eigenvalue weighted by molar-refractivity contribution is 0.102. The first-order valence-electron chi connectivity index (χ1n) is 9.17. The van der Waals surface area contributed by atoms with Crippen molar-refractivity contribution in [3.8, 4) is 11.3 Å². The zero-order valence-electron chi connectivity index (χ0n) is 15.6. The Balaban J connectivity index is 1.53. The summed E-state index contributed by atoms with van der Waals surface area (Å²) in [6.45, 7) is 1.02. The van der Waals surface area contributed by atoms with Crippen LogP contribution in [0.1, 0.15) is 23.2 Å². The Labute approximate surface area is 188 Å². The van der Waals surface area contributed by atoms with Crippen LogP contribution in [0, 0.1) is 0 Å².